The van der Waals surface area contributed by atoms with Crippen LogP contribution in [0, 0.1) is 0 Å². The maximum absolute atomic E-state index is 6.32. The van der Waals surface area contributed by atoms with Crippen molar-refractivity contribution in [1.82, 2.24) is 4.98 Å². The van der Waals surface area contributed by atoms with E-state index in [4.69, 9.17) is 16.6 Å². The molecule has 0 aliphatic rings. The van der Waals surface area contributed by atoms with Gasteiger partial charge in [0.15, 0.2) is 0 Å². The van der Waals surface area contributed by atoms with E-state index in [9.17, 15) is 0 Å². The Kier molecular flexibility index (Phi) is 4.69. The molecule has 1 N–H and O–H groups in total. The molecule has 1 aromatic heterocycles. The van der Waals surface area contributed by atoms with Gasteiger partial charge in [-0.15, -0.1) is 0 Å². The Hall–Kier alpha value is -0.800. The van der Waals surface area contributed by atoms with Crippen LogP contribution in [0.5, 0.6) is 0 Å². The molecular weight excluding hydrogens is 324 g/mol. The number of benzene rings is 1. The van der Waals surface area contributed by atoms with Gasteiger partial charge in [-0.1, -0.05) is 48.3 Å². The number of aromatic nitrogens is 1. The lowest BCUT2D eigenvalue weighted by Gasteiger charge is -2.14. The quantitative estimate of drug-likeness (QED) is 0.783. The third-order valence-electron chi connectivity index (χ3n) is 3.01. The van der Waals surface area contributed by atoms with Gasteiger partial charge in [-0.3, -0.25) is 4.98 Å². The van der Waals surface area contributed by atoms with Crippen LogP contribution in [0.25, 0.3) is 10.9 Å². The minimum Gasteiger partial charge on any atom is -0.384 e. The number of hydrogen-bond acceptors (Lipinski definition) is 2. The van der Waals surface area contributed by atoms with Crippen molar-refractivity contribution in [2.24, 2.45) is 0 Å². The fourth-order valence-electron chi connectivity index (χ4n) is 1.97. The zero-order valence-corrected chi connectivity index (χ0v) is 13.8. The summed E-state index contributed by atoms with van der Waals surface area (Å²) in [6.07, 6.45) is 1.09. The lowest BCUT2D eigenvalue weighted by Crippen LogP contribution is -2.03. The summed E-state index contributed by atoms with van der Waals surface area (Å²) in [5.74, 6) is 0.381. The fourth-order valence-corrected chi connectivity index (χ4v) is 2.82. The van der Waals surface area contributed by atoms with Gasteiger partial charge in [-0.05, 0) is 30.5 Å². The van der Waals surface area contributed by atoms with Gasteiger partial charge in [-0.2, -0.15) is 0 Å². The molecule has 0 saturated carbocycles. The number of fused-ring (bicyclic) bond motifs is 1. The summed E-state index contributed by atoms with van der Waals surface area (Å²) in [6, 6.07) is 6.09. The molecule has 2 nitrogen and oxygen atoms in total. The maximum atomic E-state index is 6.32. The van der Waals surface area contributed by atoms with Crippen molar-refractivity contribution < 1.29 is 0 Å². The van der Waals surface area contributed by atoms with Crippen LogP contribution in [0.4, 0.5) is 5.69 Å². The average molecular weight is 342 g/mol. The van der Waals surface area contributed by atoms with E-state index in [1.54, 1.807) is 0 Å². The van der Waals surface area contributed by atoms with Gasteiger partial charge < -0.3 is 5.32 Å². The van der Waals surface area contributed by atoms with Crippen LogP contribution >= 0.6 is 27.5 Å². The van der Waals surface area contributed by atoms with Crippen molar-refractivity contribution in [3.8, 4) is 0 Å². The van der Waals surface area contributed by atoms with E-state index >= 15 is 0 Å². The predicted molar refractivity (Wildman–Crippen MR) is 87.3 cm³/mol. The molecule has 0 aliphatic carbocycles. The molecular formula is C15H18BrClN2. The number of hydrogen-bond donors (Lipinski definition) is 1. The van der Waals surface area contributed by atoms with Crippen molar-refractivity contribution >= 4 is 44.1 Å². The highest BCUT2D eigenvalue weighted by atomic mass is 79.9. The minimum atomic E-state index is 0.381. The van der Waals surface area contributed by atoms with Gasteiger partial charge in [-0.25, -0.2) is 0 Å². The Morgan fingerprint density at radius 1 is 1.32 bits per heavy atom. The third-order valence-corrected chi connectivity index (χ3v) is 3.75. The summed E-state index contributed by atoms with van der Waals surface area (Å²) in [7, 11) is 0. The van der Waals surface area contributed by atoms with Crippen LogP contribution in [0.3, 0.4) is 0 Å². The minimum absolute atomic E-state index is 0.381. The van der Waals surface area contributed by atoms with Crippen molar-refractivity contribution in [2.45, 2.75) is 33.1 Å². The first kappa shape index (κ1) is 14.6. The van der Waals surface area contributed by atoms with Crippen molar-refractivity contribution in [1.29, 1.82) is 0 Å². The van der Waals surface area contributed by atoms with E-state index in [-0.39, 0.29) is 0 Å². The zero-order chi connectivity index (χ0) is 14.0. The first-order chi connectivity index (χ1) is 9.02. The molecule has 4 heteroatoms. The molecule has 0 bridgehead atoms. The fraction of sp³-hybridized carbons (Fsp3) is 0.400. The highest BCUT2D eigenvalue weighted by molar-refractivity contribution is 9.10. The van der Waals surface area contributed by atoms with Gasteiger partial charge in [0.2, 0.25) is 0 Å². The Bertz CT molecular complexity index is 596. The smallest absolute Gasteiger partial charge is 0.0913 e. The standard InChI is InChI=1S/C15H18BrClN2/c1-4-5-18-14-8-13(9(2)3)19-15-11(14)6-10(16)7-12(15)17/h6-9H,4-5H2,1-3H3,(H,18,19). The summed E-state index contributed by atoms with van der Waals surface area (Å²) in [5.41, 5.74) is 3.05. The third kappa shape index (κ3) is 3.21. The molecule has 1 heterocycles. The van der Waals surface area contributed by atoms with Crippen LogP contribution in [0.2, 0.25) is 5.02 Å². The number of nitrogens with one attached hydrogen (secondary N) is 1. The van der Waals surface area contributed by atoms with Crippen LogP contribution < -0.4 is 5.32 Å². The highest BCUT2D eigenvalue weighted by Gasteiger charge is 2.11. The second-order valence-electron chi connectivity index (χ2n) is 4.96. The van der Waals surface area contributed by atoms with E-state index in [0.29, 0.717) is 10.9 Å². The van der Waals surface area contributed by atoms with Crippen LogP contribution in [-0.4, -0.2) is 11.5 Å². The number of nitrogens with zero attached hydrogens (tertiary/aromatic N) is 1. The first-order valence-corrected chi connectivity index (χ1v) is 7.73. The molecule has 102 valence electrons. The zero-order valence-electron chi connectivity index (χ0n) is 11.4. The van der Waals surface area contributed by atoms with E-state index < -0.39 is 0 Å². The lowest BCUT2D eigenvalue weighted by atomic mass is 10.1. The molecule has 0 saturated heterocycles. The predicted octanol–water partition coefficient (Wildman–Crippen LogP) is 5.60. The van der Waals surface area contributed by atoms with Gasteiger partial charge >= 0.3 is 0 Å². The second-order valence-corrected chi connectivity index (χ2v) is 6.28. The maximum Gasteiger partial charge on any atom is 0.0913 e. The molecule has 0 radical (unpaired) electrons. The first-order valence-electron chi connectivity index (χ1n) is 6.56. The van der Waals surface area contributed by atoms with E-state index in [0.717, 1.165) is 39.7 Å². The number of halogens is 2. The summed E-state index contributed by atoms with van der Waals surface area (Å²) < 4.78 is 0.976. The largest absolute Gasteiger partial charge is 0.384 e. The molecule has 0 aliphatic heterocycles. The summed E-state index contributed by atoms with van der Waals surface area (Å²) >= 11 is 9.82. The number of rotatable bonds is 4. The molecule has 19 heavy (non-hydrogen) atoms. The Morgan fingerprint density at radius 3 is 2.68 bits per heavy atom. The Balaban J connectivity index is 2.67. The van der Waals surface area contributed by atoms with E-state index in [1.165, 1.54) is 0 Å². The number of anilines is 1. The Labute approximate surface area is 127 Å². The molecule has 2 aromatic rings. The van der Waals surface area contributed by atoms with Gasteiger partial charge in [0.1, 0.15) is 0 Å². The van der Waals surface area contributed by atoms with Gasteiger partial charge in [0.25, 0.3) is 0 Å². The van der Waals surface area contributed by atoms with Crippen LogP contribution in [0.1, 0.15) is 38.8 Å². The Morgan fingerprint density at radius 2 is 2.05 bits per heavy atom. The van der Waals surface area contributed by atoms with Crippen molar-refractivity contribution in [3.63, 3.8) is 0 Å². The van der Waals surface area contributed by atoms with E-state index in [1.807, 2.05) is 6.07 Å². The number of pyridine rings is 1. The van der Waals surface area contributed by atoms with E-state index in [2.05, 4.69) is 54.2 Å². The van der Waals surface area contributed by atoms with Crippen LogP contribution in [-0.2, 0) is 0 Å². The molecule has 0 unspecified atom stereocenters. The van der Waals surface area contributed by atoms with Gasteiger partial charge in [0.05, 0.1) is 10.5 Å². The molecule has 1 aromatic carbocycles. The summed E-state index contributed by atoms with van der Waals surface area (Å²) in [5, 5.41) is 5.22. The molecule has 0 spiro atoms. The van der Waals surface area contributed by atoms with Crippen LogP contribution in [0.15, 0.2) is 22.7 Å². The topological polar surface area (TPSA) is 24.9 Å². The lowest BCUT2D eigenvalue weighted by molar-refractivity contribution is 0.829. The normalized spacial score (nSPS) is 11.3. The molecule has 2 rings (SSSR count). The monoisotopic (exact) mass is 340 g/mol. The summed E-state index contributed by atoms with van der Waals surface area (Å²) in [4.78, 5) is 4.69. The summed E-state index contributed by atoms with van der Waals surface area (Å²) in [6.45, 7) is 7.39. The van der Waals surface area contributed by atoms with Gasteiger partial charge in [0, 0.05) is 27.8 Å². The van der Waals surface area contributed by atoms with Crippen molar-refractivity contribution in [3.05, 3.63) is 33.4 Å². The SMILES string of the molecule is CCCNc1cc(C(C)C)nc2c(Cl)cc(Br)cc12. The highest BCUT2D eigenvalue weighted by Crippen LogP contribution is 2.33. The van der Waals surface area contributed by atoms with Crippen molar-refractivity contribution in [2.75, 3.05) is 11.9 Å². The molecule has 0 fully saturated rings. The molecule has 0 atom stereocenters. The average Bonchev–Trinajstić information content (AvgIpc) is 2.35. The molecule has 0 amide bonds. The second kappa shape index (κ2) is 6.10.